The van der Waals surface area contributed by atoms with Gasteiger partial charge < -0.3 is 9.84 Å². The van der Waals surface area contributed by atoms with Crippen molar-refractivity contribution < 1.29 is 9.84 Å². The van der Waals surface area contributed by atoms with Gasteiger partial charge in [-0.25, -0.2) is 0 Å². The average molecular weight is 493 g/mol. The van der Waals surface area contributed by atoms with Crippen LogP contribution in [0.4, 0.5) is 0 Å². The van der Waals surface area contributed by atoms with E-state index in [2.05, 4.69) is 37.3 Å². The van der Waals surface area contributed by atoms with E-state index in [9.17, 15) is 5.11 Å². The molecule has 1 aromatic carbocycles. The molecule has 0 aliphatic heterocycles. The second-order valence-electron chi connectivity index (χ2n) is 9.93. The molecule has 3 heteroatoms. The van der Waals surface area contributed by atoms with E-state index in [4.69, 9.17) is 4.74 Å². The van der Waals surface area contributed by atoms with E-state index in [-0.39, 0.29) is 12.0 Å². The van der Waals surface area contributed by atoms with Crippen molar-refractivity contribution in [3.8, 4) is 0 Å². The van der Waals surface area contributed by atoms with E-state index < -0.39 is 0 Å². The number of rotatable bonds is 26. The predicted octanol–water partition coefficient (Wildman–Crippen LogP) is 9.73. The van der Waals surface area contributed by atoms with Crippen LogP contribution in [0.3, 0.4) is 0 Å². The maximum atomic E-state index is 9.33. The van der Waals surface area contributed by atoms with Gasteiger partial charge >= 0.3 is 0 Å². The second kappa shape index (κ2) is 25.6. The number of hydrogen-bond acceptors (Lipinski definition) is 3. The normalized spacial score (nSPS) is 12.3. The maximum Gasteiger partial charge on any atom is 0.105 e. The molecule has 1 N–H and O–H groups in total. The first-order valence-electron chi connectivity index (χ1n) is 14.7. The number of ether oxygens (including phenoxy) is 1. The Balaban J connectivity index is 1.83. The van der Waals surface area contributed by atoms with Crippen LogP contribution in [0, 0.1) is 0 Å². The van der Waals surface area contributed by atoms with Crippen molar-refractivity contribution in [1.82, 2.24) is 0 Å². The Morgan fingerprint density at radius 3 is 1.79 bits per heavy atom. The summed E-state index contributed by atoms with van der Waals surface area (Å²) < 4.78 is 6.06. The number of hydrogen-bond donors (Lipinski definition) is 1. The van der Waals surface area contributed by atoms with Crippen LogP contribution in [0.1, 0.15) is 134 Å². The summed E-state index contributed by atoms with van der Waals surface area (Å²) in [6, 6.07) is 10.9. The fourth-order valence-electron chi connectivity index (χ4n) is 4.48. The van der Waals surface area contributed by atoms with E-state index in [0.29, 0.717) is 0 Å². The molecule has 1 unspecified atom stereocenters. The first-order chi connectivity index (χ1) is 16.9. The van der Waals surface area contributed by atoms with Crippen LogP contribution in [-0.4, -0.2) is 29.5 Å². The molecule has 0 amide bonds. The number of aliphatic hydroxyl groups excluding tert-OH is 1. The molecule has 0 heterocycles. The minimum atomic E-state index is 0.191. The summed E-state index contributed by atoms with van der Waals surface area (Å²) in [5.41, 5.74) is 1.68. The summed E-state index contributed by atoms with van der Waals surface area (Å²) in [7, 11) is 0. The predicted molar refractivity (Wildman–Crippen MR) is 153 cm³/mol. The highest BCUT2D eigenvalue weighted by molar-refractivity contribution is 7.99. The van der Waals surface area contributed by atoms with E-state index in [1.807, 2.05) is 11.8 Å². The minimum Gasteiger partial charge on any atom is -0.396 e. The van der Waals surface area contributed by atoms with Gasteiger partial charge in [-0.1, -0.05) is 134 Å². The van der Waals surface area contributed by atoms with Crippen molar-refractivity contribution in [2.75, 3.05) is 19.0 Å². The van der Waals surface area contributed by atoms with Crippen LogP contribution >= 0.6 is 11.8 Å². The molecule has 1 atom stereocenters. The molecule has 0 aromatic heterocycles. The minimum absolute atomic E-state index is 0.191. The summed E-state index contributed by atoms with van der Waals surface area (Å²) in [6.07, 6.45) is 26.4. The van der Waals surface area contributed by atoms with Crippen LogP contribution in [0.5, 0.6) is 0 Å². The smallest absolute Gasteiger partial charge is 0.105 e. The van der Waals surface area contributed by atoms with Crippen molar-refractivity contribution in [2.45, 2.75) is 141 Å². The molecule has 0 saturated heterocycles. The Bertz CT molecular complexity index is 507. The zero-order chi connectivity index (χ0) is 24.4. The molecule has 0 aliphatic rings. The van der Waals surface area contributed by atoms with Gasteiger partial charge in [-0.3, -0.25) is 0 Å². The van der Waals surface area contributed by atoms with Gasteiger partial charge in [-0.15, -0.1) is 11.8 Å². The Labute approximate surface area is 217 Å². The van der Waals surface area contributed by atoms with E-state index in [1.165, 1.54) is 133 Å². The van der Waals surface area contributed by atoms with Crippen molar-refractivity contribution in [2.24, 2.45) is 0 Å². The molecule has 0 bridgehead atoms. The summed E-state index contributed by atoms with van der Waals surface area (Å²) >= 11 is 1.92. The number of benzene rings is 1. The first-order valence-corrected chi connectivity index (χ1v) is 15.8. The van der Waals surface area contributed by atoms with E-state index >= 15 is 0 Å². The largest absolute Gasteiger partial charge is 0.396 e. The highest BCUT2D eigenvalue weighted by Crippen LogP contribution is 2.20. The molecule has 1 aromatic rings. The standard InChI is InChI=1S/C31H56O2S/c1-2-3-4-5-6-12-15-21-28-33-31(26-27-32)34-29-22-16-13-10-8-7-9-11-14-18-23-30-24-19-17-20-25-30/h17,19-20,24-25,31-32H,2-16,18,21-23,26-29H2,1H3. The fourth-order valence-corrected chi connectivity index (χ4v) is 5.57. The molecule has 0 spiro atoms. The molecule has 0 fully saturated rings. The molecular weight excluding hydrogens is 436 g/mol. The first kappa shape index (κ1) is 31.5. The molecule has 198 valence electrons. The molecule has 0 saturated carbocycles. The van der Waals surface area contributed by atoms with Gasteiger partial charge in [0.05, 0.1) is 0 Å². The summed E-state index contributed by atoms with van der Waals surface area (Å²) in [6.45, 7) is 3.37. The Morgan fingerprint density at radius 1 is 0.676 bits per heavy atom. The third kappa shape index (κ3) is 20.8. The van der Waals surface area contributed by atoms with E-state index in [1.54, 1.807) is 0 Å². The summed E-state index contributed by atoms with van der Waals surface area (Å²) in [4.78, 5) is 0. The Kier molecular flexibility index (Phi) is 23.7. The van der Waals surface area contributed by atoms with Gasteiger partial charge in [-0.05, 0) is 37.0 Å². The molecule has 0 radical (unpaired) electrons. The van der Waals surface area contributed by atoms with Crippen molar-refractivity contribution in [3.05, 3.63) is 35.9 Å². The average Bonchev–Trinajstić information content (AvgIpc) is 2.86. The van der Waals surface area contributed by atoms with Crippen molar-refractivity contribution in [3.63, 3.8) is 0 Å². The zero-order valence-corrected chi connectivity index (χ0v) is 23.3. The number of thioether (sulfide) groups is 1. The lowest BCUT2D eigenvalue weighted by Gasteiger charge is -2.16. The van der Waals surface area contributed by atoms with Crippen LogP contribution in [0.25, 0.3) is 0 Å². The molecule has 34 heavy (non-hydrogen) atoms. The van der Waals surface area contributed by atoms with Crippen LogP contribution < -0.4 is 0 Å². The molecule has 1 rings (SSSR count). The number of unbranched alkanes of at least 4 members (excludes halogenated alkanes) is 16. The lowest BCUT2D eigenvalue weighted by molar-refractivity contribution is 0.0892. The lowest BCUT2D eigenvalue weighted by atomic mass is 10.0. The fraction of sp³-hybridized carbons (Fsp3) is 0.806. The maximum absolute atomic E-state index is 9.33. The Hall–Kier alpha value is -0.510. The lowest BCUT2D eigenvalue weighted by Crippen LogP contribution is -2.12. The summed E-state index contributed by atoms with van der Waals surface area (Å²) in [5, 5.41) is 9.33. The topological polar surface area (TPSA) is 29.5 Å². The second-order valence-corrected chi connectivity index (χ2v) is 11.2. The van der Waals surface area contributed by atoms with Crippen LogP contribution in [-0.2, 0) is 11.2 Å². The number of aryl methyl sites for hydroxylation is 1. The van der Waals surface area contributed by atoms with Crippen LogP contribution in [0.2, 0.25) is 0 Å². The highest BCUT2D eigenvalue weighted by Gasteiger charge is 2.08. The Morgan fingerprint density at radius 2 is 1.21 bits per heavy atom. The highest BCUT2D eigenvalue weighted by atomic mass is 32.2. The van der Waals surface area contributed by atoms with Gasteiger partial charge in [-0.2, -0.15) is 0 Å². The monoisotopic (exact) mass is 492 g/mol. The third-order valence-electron chi connectivity index (χ3n) is 6.67. The van der Waals surface area contributed by atoms with Gasteiger partial charge in [0.15, 0.2) is 0 Å². The SMILES string of the molecule is CCCCCCCCCCOC(CCO)SCCCCCCCCCCCCc1ccccc1. The zero-order valence-electron chi connectivity index (χ0n) is 22.5. The van der Waals surface area contributed by atoms with Gasteiger partial charge in [0.25, 0.3) is 0 Å². The van der Waals surface area contributed by atoms with Gasteiger partial charge in [0, 0.05) is 19.6 Å². The van der Waals surface area contributed by atoms with Crippen LogP contribution in [0.15, 0.2) is 30.3 Å². The van der Waals surface area contributed by atoms with Gasteiger partial charge in [0.1, 0.15) is 5.44 Å². The third-order valence-corrected chi connectivity index (χ3v) is 7.94. The van der Waals surface area contributed by atoms with Gasteiger partial charge in [0.2, 0.25) is 0 Å². The molecule has 2 nitrogen and oxygen atoms in total. The van der Waals surface area contributed by atoms with Crippen molar-refractivity contribution >= 4 is 11.8 Å². The molecule has 0 aliphatic carbocycles. The van der Waals surface area contributed by atoms with Crippen molar-refractivity contribution in [1.29, 1.82) is 0 Å². The quantitative estimate of drug-likeness (QED) is 0.103. The van der Waals surface area contributed by atoms with E-state index in [0.717, 1.165) is 13.0 Å². The summed E-state index contributed by atoms with van der Waals surface area (Å²) in [5.74, 6) is 1.17. The number of aliphatic hydroxyl groups is 1. The molecular formula is C31H56O2S.